The number of nitrogens with zero attached hydrogens (tertiary/aromatic N) is 7. The quantitative estimate of drug-likeness (QED) is 0.297. The fourth-order valence-electron chi connectivity index (χ4n) is 3.42. The molecule has 0 amide bonds. The van der Waals surface area contributed by atoms with Crippen LogP contribution in [0.15, 0.2) is 71.7 Å². The highest BCUT2D eigenvalue weighted by atomic mass is 19.3. The first-order chi connectivity index (χ1) is 16.0. The van der Waals surface area contributed by atoms with E-state index in [1.807, 2.05) is 24.3 Å². The molecule has 0 saturated carbocycles. The third kappa shape index (κ3) is 4.05. The first-order valence-corrected chi connectivity index (χ1v) is 9.87. The molecule has 0 fully saturated rings. The van der Waals surface area contributed by atoms with E-state index in [0.29, 0.717) is 23.4 Å². The van der Waals surface area contributed by atoms with Gasteiger partial charge in [-0.25, -0.2) is 14.6 Å². The number of rotatable bonds is 7. The van der Waals surface area contributed by atoms with Crippen LogP contribution in [0.25, 0.3) is 16.8 Å². The second-order valence-corrected chi connectivity index (χ2v) is 7.14. The van der Waals surface area contributed by atoms with E-state index in [-0.39, 0.29) is 10.5 Å². The summed E-state index contributed by atoms with van der Waals surface area (Å²) in [6.45, 7) is -0.838. The number of para-hydroxylation sites is 1. The van der Waals surface area contributed by atoms with Gasteiger partial charge in [0.2, 0.25) is 0 Å². The minimum Gasteiger partial charge on any atom is -0.618 e. The van der Waals surface area contributed by atoms with Gasteiger partial charge in [0.1, 0.15) is 6.33 Å². The van der Waals surface area contributed by atoms with Crippen molar-refractivity contribution in [3.05, 3.63) is 89.6 Å². The van der Waals surface area contributed by atoms with E-state index >= 15 is 0 Å². The Balaban J connectivity index is 1.40. The number of aromatic nitrogens is 7. The Morgan fingerprint density at radius 2 is 1.97 bits per heavy atom. The summed E-state index contributed by atoms with van der Waals surface area (Å²) in [5.41, 5.74) is 1.66. The third-order valence-electron chi connectivity index (χ3n) is 4.96. The van der Waals surface area contributed by atoms with E-state index in [2.05, 4.69) is 30.8 Å². The first kappa shape index (κ1) is 20.4. The molecular weight excluding hydrogens is 434 g/mol. The molecule has 1 N–H and O–H groups in total. The van der Waals surface area contributed by atoms with Crippen LogP contribution in [-0.2, 0) is 12.3 Å². The standard InChI is InChI=1S/C21H16F2N8O2/c22-21(23,17-7-3-4-10-31(17)32)12-25-20-19-16(8-9-24-20)33-18(27-19)11-14-5-1-2-6-15(14)30-13-26-28-29-30/h1-10,13H,11-12H2,(H,24,25). The monoisotopic (exact) mass is 450 g/mol. The summed E-state index contributed by atoms with van der Waals surface area (Å²) in [5.74, 6) is -2.93. The van der Waals surface area contributed by atoms with Crippen LogP contribution in [-0.4, -0.2) is 36.7 Å². The van der Waals surface area contributed by atoms with E-state index in [4.69, 9.17) is 4.42 Å². The molecule has 1 aromatic carbocycles. The largest absolute Gasteiger partial charge is 0.618 e. The zero-order valence-corrected chi connectivity index (χ0v) is 17.0. The maximum absolute atomic E-state index is 14.6. The minimum atomic E-state index is -3.43. The van der Waals surface area contributed by atoms with Gasteiger partial charge in [0.05, 0.1) is 18.7 Å². The molecule has 0 aliphatic heterocycles. The molecule has 33 heavy (non-hydrogen) atoms. The predicted octanol–water partition coefficient (Wildman–Crippen LogP) is 2.63. The highest BCUT2D eigenvalue weighted by Gasteiger charge is 2.39. The maximum Gasteiger partial charge on any atom is 0.347 e. The van der Waals surface area contributed by atoms with Crippen LogP contribution < -0.4 is 10.0 Å². The van der Waals surface area contributed by atoms with Gasteiger partial charge in [0.25, 0.3) is 5.69 Å². The average Bonchev–Trinajstić information content (AvgIpc) is 3.48. The highest BCUT2D eigenvalue weighted by Crippen LogP contribution is 2.28. The summed E-state index contributed by atoms with van der Waals surface area (Å²) in [7, 11) is 0. The second kappa shape index (κ2) is 8.22. The lowest BCUT2D eigenvalue weighted by Gasteiger charge is -2.16. The number of benzene rings is 1. The number of halogens is 2. The number of tetrazole rings is 1. The van der Waals surface area contributed by atoms with E-state index < -0.39 is 18.2 Å². The summed E-state index contributed by atoms with van der Waals surface area (Å²) in [6.07, 6.45) is 4.26. The van der Waals surface area contributed by atoms with E-state index in [1.54, 1.807) is 6.07 Å². The van der Waals surface area contributed by atoms with Crippen LogP contribution in [0.4, 0.5) is 14.6 Å². The molecular formula is C21H16F2N8O2. The van der Waals surface area contributed by atoms with Crippen molar-refractivity contribution >= 4 is 16.9 Å². The van der Waals surface area contributed by atoms with Gasteiger partial charge in [0, 0.05) is 24.4 Å². The summed E-state index contributed by atoms with van der Waals surface area (Å²) in [5, 5.41) is 25.6. The molecule has 4 aromatic heterocycles. The number of anilines is 1. The molecule has 4 heterocycles. The summed E-state index contributed by atoms with van der Waals surface area (Å²) in [4.78, 5) is 8.58. The molecule has 0 aliphatic carbocycles. The Kier molecular flexibility index (Phi) is 5.09. The van der Waals surface area contributed by atoms with E-state index in [9.17, 15) is 14.0 Å². The summed E-state index contributed by atoms with van der Waals surface area (Å²) >= 11 is 0. The number of nitrogens with one attached hydrogen (secondary N) is 1. The van der Waals surface area contributed by atoms with Crippen molar-refractivity contribution in [2.45, 2.75) is 12.3 Å². The number of hydrogen-bond donors (Lipinski definition) is 1. The van der Waals surface area contributed by atoms with Crippen molar-refractivity contribution in [2.75, 3.05) is 11.9 Å². The molecule has 5 rings (SSSR count). The number of hydrogen-bond acceptors (Lipinski definition) is 8. The average molecular weight is 450 g/mol. The van der Waals surface area contributed by atoms with Gasteiger partial charge in [-0.05, 0) is 28.1 Å². The molecule has 0 radical (unpaired) electrons. The van der Waals surface area contributed by atoms with Crippen molar-refractivity contribution in [3.63, 3.8) is 0 Å². The highest BCUT2D eigenvalue weighted by molar-refractivity contribution is 5.84. The van der Waals surface area contributed by atoms with Gasteiger partial charge < -0.3 is 14.9 Å². The topological polar surface area (TPSA) is 121 Å². The van der Waals surface area contributed by atoms with Crippen molar-refractivity contribution in [3.8, 4) is 5.69 Å². The molecule has 0 bridgehead atoms. The fraction of sp³-hybridized carbons (Fsp3) is 0.143. The van der Waals surface area contributed by atoms with Gasteiger partial charge in [-0.2, -0.15) is 13.5 Å². The van der Waals surface area contributed by atoms with Crippen molar-refractivity contribution in [2.24, 2.45) is 0 Å². The normalized spacial score (nSPS) is 11.7. The van der Waals surface area contributed by atoms with Crippen molar-refractivity contribution in [1.29, 1.82) is 0 Å². The van der Waals surface area contributed by atoms with Gasteiger partial charge in [-0.15, -0.1) is 5.10 Å². The number of oxazole rings is 1. The van der Waals surface area contributed by atoms with Crippen LogP contribution in [0.5, 0.6) is 0 Å². The summed E-state index contributed by atoms with van der Waals surface area (Å²) < 4.78 is 36.7. The fourth-order valence-corrected chi connectivity index (χ4v) is 3.42. The van der Waals surface area contributed by atoms with Gasteiger partial charge >= 0.3 is 5.92 Å². The van der Waals surface area contributed by atoms with E-state index in [0.717, 1.165) is 23.5 Å². The SMILES string of the molecule is [O-][n+]1ccccc1C(F)(F)CNc1nccc2oc(Cc3ccccc3-n3cnnn3)nc12. The van der Waals surface area contributed by atoms with Gasteiger partial charge in [0.15, 0.2) is 29.0 Å². The minimum absolute atomic E-state index is 0.129. The Bertz CT molecular complexity index is 1400. The molecule has 0 spiro atoms. The Hall–Kier alpha value is -4.48. The zero-order valence-electron chi connectivity index (χ0n) is 17.0. The van der Waals surface area contributed by atoms with Gasteiger partial charge in [-0.1, -0.05) is 18.2 Å². The Labute approximate surface area is 185 Å². The molecule has 166 valence electrons. The third-order valence-corrected chi connectivity index (χ3v) is 4.96. The molecule has 10 nitrogen and oxygen atoms in total. The zero-order chi connectivity index (χ0) is 22.8. The number of alkyl halides is 2. The van der Waals surface area contributed by atoms with Crippen molar-refractivity contribution < 1.29 is 17.9 Å². The van der Waals surface area contributed by atoms with Crippen LogP contribution in [0.1, 0.15) is 17.1 Å². The van der Waals surface area contributed by atoms with Crippen LogP contribution >= 0.6 is 0 Å². The predicted molar refractivity (Wildman–Crippen MR) is 112 cm³/mol. The van der Waals surface area contributed by atoms with Crippen molar-refractivity contribution in [1.82, 2.24) is 30.2 Å². The first-order valence-electron chi connectivity index (χ1n) is 9.87. The van der Waals surface area contributed by atoms with Crippen LogP contribution in [0, 0.1) is 5.21 Å². The smallest absolute Gasteiger partial charge is 0.347 e. The lowest BCUT2D eigenvalue weighted by atomic mass is 10.1. The Morgan fingerprint density at radius 1 is 1.12 bits per heavy atom. The lowest BCUT2D eigenvalue weighted by molar-refractivity contribution is -0.624. The van der Waals surface area contributed by atoms with Crippen LogP contribution in [0.2, 0.25) is 0 Å². The molecule has 5 aromatic rings. The van der Waals surface area contributed by atoms with Crippen LogP contribution in [0.3, 0.4) is 0 Å². The molecule has 0 aliphatic rings. The second-order valence-electron chi connectivity index (χ2n) is 7.14. The maximum atomic E-state index is 14.6. The number of pyridine rings is 2. The molecule has 0 atom stereocenters. The molecule has 0 unspecified atom stereocenters. The lowest BCUT2D eigenvalue weighted by Crippen LogP contribution is -2.40. The molecule has 12 heteroatoms. The van der Waals surface area contributed by atoms with E-state index in [1.165, 1.54) is 29.3 Å². The molecule has 0 saturated heterocycles. The number of fused-ring (bicyclic) bond motifs is 1. The van der Waals surface area contributed by atoms with Gasteiger partial charge in [-0.3, -0.25) is 0 Å². The Morgan fingerprint density at radius 3 is 2.79 bits per heavy atom. The summed E-state index contributed by atoms with van der Waals surface area (Å²) in [6, 6.07) is 12.9.